The second-order valence-corrected chi connectivity index (χ2v) is 5.15. The molecular formula is C16H18N4O. The molecular weight excluding hydrogens is 264 g/mol. The lowest BCUT2D eigenvalue weighted by Crippen LogP contribution is -2.03. The van der Waals surface area contributed by atoms with Crippen molar-refractivity contribution in [2.24, 2.45) is 0 Å². The van der Waals surface area contributed by atoms with Crippen LogP contribution in [0.2, 0.25) is 0 Å². The largest absolute Gasteiger partial charge is 0.487 e. The molecule has 0 atom stereocenters. The van der Waals surface area contributed by atoms with Crippen LogP contribution in [0.4, 0.5) is 0 Å². The van der Waals surface area contributed by atoms with E-state index in [-0.39, 0.29) is 0 Å². The maximum absolute atomic E-state index is 5.75. The van der Waals surface area contributed by atoms with Crippen molar-refractivity contribution in [3.8, 4) is 17.0 Å². The van der Waals surface area contributed by atoms with Gasteiger partial charge < -0.3 is 9.72 Å². The van der Waals surface area contributed by atoms with Crippen molar-refractivity contribution in [1.29, 1.82) is 0 Å². The average Bonchev–Trinajstić information content (AvgIpc) is 3.17. The van der Waals surface area contributed by atoms with Crippen molar-refractivity contribution in [2.45, 2.75) is 26.5 Å². The molecule has 0 saturated heterocycles. The first-order valence-corrected chi connectivity index (χ1v) is 6.98. The Bertz CT molecular complexity index is 683. The van der Waals surface area contributed by atoms with Crippen LogP contribution in [0.3, 0.4) is 0 Å². The van der Waals surface area contributed by atoms with Gasteiger partial charge in [0, 0.05) is 24.0 Å². The highest BCUT2D eigenvalue weighted by Gasteiger charge is 2.04. The number of ether oxygens (including phenoxy) is 1. The highest BCUT2D eigenvalue weighted by Crippen LogP contribution is 2.20. The first-order chi connectivity index (χ1) is 10.2. The number of nitrogens with one attached hydrogen (secondary N) is 1. The van der Waals surface area contributed by atoms with E-state index in [0.29, 0.717) is 12.6 Å². The fourth-order valence-corrected chi connectivity index (χ4v) is 2.04. The molecule has 0 bridgehead atoms. The molecule has 5 heteroatoms. The standard InChI is InChI=1S/C16H18N4O/c1-12(2)20-8-7-14(19-20)10-21-15-5-3-13(4-6-15)16-9-17-11-18-16/h3-9,11-12H,10H2,1-2H3,(H,17,18). The Hall–Kier alpha value is -2.56. The van der Waals surface area contributed by atoms with Gasteiger partial charge in [0.05, 0.1) is 17.7 Å². The topological polar surface area (TPSA) is 55.7 Å². The molecule has 3 aromatic rings. The number of nitrogens with zero attached hydrogens (tertiary/aromatic N) is 3. The predicted molar refractivity (Wildman–Crippen MR) is 81.0 cm³/mol. The lowest BCUT2D eigenvalue weighted by molar-refractivity contribution is 0.298. The lowest BCUT2D eigenvalue weighted by Gasteiger charge is -2.06. The summed E-state index contributed by atoms with van der Waals surface area (Å²) in [6, 6.07) is 10.2. The lowest BCUT2D eigenvalue weighted by atomic mass is 10.2. The number of aromatic amines is 1. The zero-order valence-corrected chi connectivity index (χ0v) is 12.2. The Kier molecular flexibility index (Phi) is 3.73. The van der Waals surface area contributed by atoms with Crippen LogP contribution in [0, 0.1) is 0 Å². The summed E-state index contributed by atoms with van der Waals surface area (Å²) in [6.07, 6.45) is 5.52. The van der Waals surface area contributed by atoms with E-state index in [1.54, 1.807) is 6.33 Å². The quantitative estimate of drug-likeness (QED) is 0.780. The van der Waals surface area contributed by atoms with Crippen molar-refractivity contribution in [1.82, 2.24) is 19.7 Å². The summed E-state index contributed by atoms with van der Waals surface area (Å²) in [5.41, 5.74) is 2.92. The van der Waals surface area contributed by atoms with Crippen LogP contribution in [0.25, 0.3) is 11.3 Å². The normalized spacial score (nSPS) is 11.0. The first kappa shape index (κ1) is 13.4. The number of hydrogen-bond acceptors (Lipinski definition) is 3. The minimum atomic E-state index is 0.367. The third-order valence-corrected chi connectivity index (χ3v) is 3.23. The Balaban J connectivity index is 1.62. The maximum Gasteiger partial charge on any atom is 0.132 e. The first-order valence-electron chi connectivity index (χ1n) is 6.98. The molecule has 5 nitrogen and oxygen atoms in total. The Morgan fingerprint density at radius 1 is 1.19 bits per heavy atom. The van der Waals surface area contributed by atoms with E-state index in [1.807, 2.05) is 47.4 Å². The number of rotatable bonds is 5. The molecule has 3 rings (SSSR count). The van der Waals surface area contributed by atoms with Crippen LogP contribution in [0.5, 0.6) is 5.75 Å². The van der Waals surface area contributed by atoms with E-state index in [1.165, 1.54) is 0 Å². The molecule has 1 aromatic carbocycles. The summed E-state index contributed by atoms with van der Waals surface area (Å²) < 4.78 is 7.68. The number of aromatic nitrogens is 4. The average molecular weight is 282 g/mol. The zero-order valence-electron chi connectivity index (χ0n) is 12.2. The van der Waals surface area contributed by atoms with Gasteiger partial charge in [-0.2, -0.15) is 5.10 Å². The highest BCUT2D eigenvalue weighted by molar-refractivity contribution is 5.58. The minimum Gasteiger partial charge on any atom is -0.487 e. The summed E-state index contributed by atoms with van der Waals surface area (Å²) >= 11 is 0. The number of imidazole rings is 1. The SMILES string of the molecule is CC(C)n1ccc(COc2ccc(-c3c[nH]cn3)cc2)n1. The molecule has 0 aliphatic heterocycles. The van der Waals surface area contributed by atoms with E-state index in [4.69, 9.17) is 4.74 Å². The molecule has 0 fully saturated rings. The molecule has 0 aliphatic carbocycles. The van der Waals surface area contributed by atoms with E-state index in [2.05, 4.69) is 28.9 Å². The smallest absolute Gasteiger partial charge is 0.132 e. The van der Waals surface area contributed by atoms with Crippen molar-refractivity contribution in [3.05, 3.63) is 54.7 Å². The summed E-state index contributed by atoms with van der Waals surface area (Å²) in [4.78, 5) is 7.17. The van der Waals surface area contributed by atoms with Gasteiger partial charge in [0.25, 0.3) is 0 Å². The van der Waals surface area contributed by atoms with Crippen molar-refractivity contribution < 1.29 is 4.74 Å². The van der Waals surface area contributed by atoms with E-state index >= 15 is 0 Å². The zero-order chi connectivity index (χ0) is 14.7. The van der Waals surface area contributed by atoms with E-state index < -0.39 is 0 Å². The fraction of sp³-hybridized carbons (Fsp3) is 0.250. The third kappa shape index (κ3) is 3.13. The molecule has 0 saturated carbocycles. The molecule has 21 heavy (non-hydrogen) atoms. The second-order valence-electron chi connectivity index (χ2n) is 5.15. The summed E-state index contributed by atoms with van der Waals surface area (Å²) in [7, 11) is 0. The molecule has 0 radical (unpaired) electrons. The fourth-order valence-electron chi connectivity index (χ4n) is 2.04. The summed E-state index contributed by atoms with van der Waals surface area (Å²) in [6.45, 7) is 4.68. The Labute approximate surface area is 123 Å². The van der Waals surface area contributed by atoms with Gasteiger partial charge in [-0.3, -0.25) is 4.68 Å². The second kappa shape index (κ2) is 5.83. The molecule has 2 heterocycles. The molecule has 2 aromatic heterocycles. The third-order valence-electron chi connectivity index (χ3n) is 3.23. The molecule has 0 amide bonds. The van der Waals surface area contributed by atoms with Crippen LogP contribution in [0.15, 0.2) is 49.1 Å². The monoisotopic (exact) mass is 282 g/mol. The van der Waals surface area contributed by atoms with Crippen LogP contribution in [-0.4, -0.2) is 19.7 Å². The summed E-state index contributed by atoms with van der Waals surface area (Å²) in [5, 5.41) is 4.46. The van der Waals surface area contributed by atoms with Crippen molar-refractivity contribution >= 4 is 0 Å². The summed E-state index contributed by atoms with van der Waals surface area (Å²) in [5.74, 6) is 0.827. The van der Waals surface area contributed by atoms with E-state index in [0.717, 1.165) is 22.7 Å². The van der Waals surface area contributed by atoms with Gasteiger partial charge in [-0.15, -0.1) is 0 Å². The molecule has 0 spiro atoms. The number of hydrogen-bond donors (Lipinski definition) is 1. The number of H-pyrrole nitrogens is 1. The Morgan fingerprint density at radius 2 is 2.00 bits per heavy atom. The highest BCUT2D eigenvalue weighted by atomic mass is 16.5. The Morgan fingerprint density at radius 3 is 2.62 bits per heavy atom. The molecule has 108 valence electrons. The van der Waals surface area contributed by atoms with Crippen LogP contribution in [-0.2, 0) is 6.61 Å². The minimum absolute atomic E-state index is 0.367. The van der Waals surface area contributed by atoms with Gasteiger partial charge in [-0.05, 0) is 44.2 Å². The van der Waals surface area contributed by atoms with Crippen molar-refractivity contribution in [3.63, 3.8) is 0 Å². The van der Waals surface area contributed by atoms with Gasteiger partial charge in [-0.25, -0.2) is 4.98 Å². The molecule has 0 unspecified atom stereocenters. The predicted octanol–water partition coefficient (Wildman–Crippen LogP) is 3.43. The van der Waals surface area contributed by atoms with Crippen LogP contribution in [0.1, 0.15) is 25.6 Å². The maximum atomic E-state index is 5.75. The van der Waals surface area contributed by atoms with Gasteiger partial charge in [0.1, 0.15) is 12.4 Å². The van der Waals surface area contributed by atoms with Gasteiger partial charge in [-0.1, -0.05) is 0 Å². The van der Waals surface area contributed by atoms with Crippen molar-refractivity contribution in [2.75, 3.05) is 0 Å². The van der Waals surface area contributed by atoms with Gasteiger partial charge in [0.2, 0.25) is 0 Å². The van der Waals surface area contributed by atoms with Gasteiger partial charge >= 0.3 is 0 Å². The molecule has 0 aliphatic rings. The van der Waals surface area contributed by atoms with Crippen LogP contribution >= 0.6 is 0 Å². The number of benzene rings is 1. The molecule has 1 N–H and O–H groups in total. The van der Waals surface area contributed by atoms with E-state index in [9.17, 15) is 0 Å². The van der Waals surface area contributed by atoms with Gasteiger partial charge in [0.15, 0.2) is 0 Å². The van der Waals surface area contributed by atoms with Crippen LogP contribution < -0.4 is 4.74 Å².